The second kappa shape index (κ2) is 6.76. The molecule has 1 aromatic rings. The number of hydrogen-bond acceptors (Lipinski definition) is 4. The van der Waals surface area contributed by atoms with Crippen LogP contribution in [0.5, 0.6) is 0 Å². The second-order valence-electron chi connectivity index (χ2n) is 5.80. The van der Waals surface area contributed by atoms with Gasteiger partial charge in [-0.05, 0) is 18.1 Å². The molecule has 0 radical (unpaired) electrons. The molecule has 21 heavy (non-hydrogen) atoms. The van der Waals surface area contributed by atoms with Crippen molar-refractivity contribution < 1.29 is 19.1 Å². The summed E-state index contributed by atoms with van der Waals surface area (Å²) in [5.74, 6) is 0.282. The molecule has 0 aliphatic carbocycles. The second-order valence-corrected chi connectivity index (χ2v) is 5.80. The highest BCUT2D eigenvalue weighted by Gasteiger charge is 2.35. The van der Waals surface area contributed by atoms with Gasteiger partial charge in [-0.2, -0.15) is 0 Å². The van der Waals surface area contributed by atoms with Gasteiger partial charge in [0.25, 0.3) is 0 Å². The normalized spacial score (nSPS) is 20.1. The fraction of sp³-hybridized carbons (Fsp3) is 0.600. The van der Waals surface area contributed by atoms with E-state index in [1.54, 1.807) is 23.3 Å². The first kappa shape index (κ1) is 15.6. The van der Waals surface area contributed by atoms with E-state index in [1.807, 2.05) is 13.8 Å². The van der Waals surface area contributed by atoms with Gasteiger partial charge in [0.15, 0.2) is 0 Å². The largest absolute Gasteiger partial charge is 0.467 e. The summed E-state index contributed by atoms with van der Waals surface area (Å²) in [5.41, 5.74) is 0. The quantitative estimate of drug-likeness (QED) is 0.811. The minimum Gasteiger partial charge on any atom is -0.467 e. The maximum absolute atomic E-state index is 12.2. The van der Waals surface area contributed by atoms with E-state index in [9.17, 15) is 14.7 Å². The molecule has 1 unspecified atom stereocenters. The van der Waals surface area contributed by atoms with E-state index in [1.165, 1.54) is 0 Å². The summed E-state index contributed by atoms with van der Waals surface area (Å²) < 4.78 is 5.23. The van der Waals surface area contributed by atoms with Crippen molar-refractivity contribution in [2.45, 2.75) is 32.9 Å². The Morgan fingerprint density at radius 2 is 2.33 bits per heavy atom. The number of furan rings is 1. The van der Waals surface area contributed by atoms with Crippen molar-refractivity contribution in [1.29, 1.82) is 0 Å². The van der Waals surface area contributed by atoms with Gasteiger partial charge in [0, 0.05) is 13.0 Å². The maximum atomic E-state index is 12.2. The van der Waals surface area contributed by atoms with Gasteiger partial charge in [0.1, 0.15) is 5.76 Å². The Morgan fingerprint density at radius 1 is 1.57 bits per heavy atom. The van der Waals surface area contributed by atoms with E-state index in [0.717, 1.165) is 0 Å². The number of nitrogens with one attached hydrogen (secondary N) is 1. The van der Waals surface area contributed by atoms with E-state index in [4.69, 9.17) is 4.42 Å². The van der Waals surface area contributed by atoms with Gasteiger partial charge in [0.2, 0.25) is 11.8 Å². The van der Waals surface area contributed by atoms with Crippen molar-refractivity contribution in [3.05, 3.63) is 24.2 Å². The average Bonchev–Trinajstić information content (AvgIpc) is 3.06. The lowest BCUT2D eigenvalue weighted by atomic mass is 10.0. The minimum absolute atomic E-state index is 0.0448. The monoisotopic (exact) mass is 294 g/mol. The van der Waals surface area contributed by atoms with Gasteiger partial charge < -0.3 is 19.7 Å². The summed E-state index contributed by atoms with van der Waals surface area (Å²) in [4.78, 5) is 25.8. The molecule has 0 spiro atoms. The van der Waals surface area contributed by atoms with E-state index in [0.29, 0.717) is 18.8 Å². The van der Waals surface area contributed by atoms with Gasteiger partial charge in [-0.25, -0.2) is 0 Å². The summed E-state index contributed by atoms with van der Waals surface area (Å²) in [6.45, 7) is 4.55. The van der Waals surface area contributed by atoms with Gasteiger partial charge >= 0.3 is 0 Å². The third kappa shape index (κ3) is 3.85. The number of hydrogen-bond donors (Lipinski definition) is 2. The van der Waals surface area contributed by atoms with Crippen LogP contribution in [0.25, 0.3) is 0 Å². The third-order valence-electron chi connectivity index (χ3n) is 3.84. The first-order valence-electron chi connectivity index (χ1n) is 7.22. The fourth-order valence-electron chi connectivity index (χ4n) is 2.41. The molecule has 2 N–H and O–H groups in total. The van der Waals surface area contributed by atoms with Crippen LogP contribution in [-0.4, -0.2) is 41.0 Å². The Balaban J connectivity index is 1.90. The van der Waals surface area contributed by atoms with Crippen molar-refractivity contribution in [3.63, 3.8) is 0 Å². The molecule has 116 valence electrons. The Labute approximate surface area is 124 Å². The zero-order valence-electron chi connectivity index (χ0n) is 12.4. The number of nitrogens with zero attached hydrogens (tertiary/aromatic N) is 1. The maximum Gasteiger partial charge on any atom is 0.225 e. The highest BCUT2D eigenvalue weighted by molar-refractivity contribution is 5.89. The molecule has 0 saturated carbocycles. The van der Waals surface area contributed by atoms with E-state index < -0.39 is 0 Å². The molecule has 0 aromatic carbocycles. The standard InChI is InChI=1S/C15H22N2O4/c1-10(2)13(9-18)16-15(20)11-6-14(19)17(7-11)8-12-4-3-5-21-12/h3-5,10-11,13,18H,6-9H2,1-2H3,(H,16,20)/t11?,13-/m1/s1. The summed E-state index contributed by atoms with van der Waals surface area (Å²) >= 11 is 0. The number of likely N-dealkylation sites (tertiary alicyclic amines) is 1. The zero-order valence-corrected chi connectivity index (χ0v) is 12.4. The summed E-state index contributed by atoms with van der Waals surface area (Å²) in [5, 5.41) is 12.1. The van der Waals surface area contributed by atoms with E-state index >= 15 is 0 Å². The van der Waals surface area contributed by atoms with Crippen molar-refractivity contribution in [1.82, 2.24) is 10.2 Å². The number of amides is 2. The Kier molecular flexibility index (Phi) is 5.01. The van der Waals surface area contributed by atoms with Crippen LogP contribution in [0.2, 0.25) is 0 Å². The number of aliphatic hydroxyl groups excluding tert-OH is 1. The lowest BCUT2D eigenvalue weighted by Crippen LogP contribution is -2.44. The number of carbonyl (C=O) groups excluding carboxylic acids is 2. The first-order chi connectivity index (χ1) is 10.0. The minimum atomic E-state index is -0.361. The van der Waals surface area contributed by atoms with Gasteiger partial charge in [0.05, 0.1) is 31.4 Å². The van der Waals surface area contributed by atoms with Gasteiger partial charge in [-0.1, -0.05) is 13.8 Å². The summed E-state index contributed by atoms with van der Waals surface area (Å²) in [7, 11) is 0. The van der Waals surface area contributed by atoms with Gasteiger partial charge in [-0.15, -0.1) is 0 Å². The molecule has 2 rings (SSSR count). The van der Waals surface area contributed by atoms with Crippen LogP contribution in [-0.2, 0) is 16.1 Å². The Bertz CT molecular complexity index is 484. The number of aliphatic hydroxyl groups is 1. The smallest absolute Gasteiger partial charge is 0.225 e. The zero-order chi connectivity index (χ0) is 15.4. The van der Waals surface area contributed by atoms with E-state index in [2.05, 4.69) is 5.32 Å². The highest BCUT2D eigenvalue weighted by atomic mass is 16.3. The van der Waals surface area contributed by atoms with Crippen molar-refractivity contribution in [2.75, 3.05) is 13.2 Å². The summed E-state index contributed by atoms with van der Waals surface area (Å²) in [6, 6.07) is 3.31. The Morgan fingerprint density at radius 3 is 2.90 bits per heavy atom. The van der Waals surface area contributed by atoms with Crippen LogP contribution in [0.1, 0.15) is 26.0 Å². The first-order valence-corrected chi connectivity index (χ1v) is 7.22. The van der Waals surface area contributed by atoms with E-state index in [-0.39, 0.29) is 42.7 Å². The Hall–Kier alpha value is -1.82. The molecule has 6 nitrogen and oxygen atoms in total. The summed E-state index contributed by atoms with van der Waals surface area (Å²) in [6.07, 6.45) is 1.78. The van der Waals surface area contributed by atoms with Crippen LogP contribution >= 0.6 is 0 Å². The highest BCUT2D eigenvalue weighted by Crippen LogP contribution is 2.21. The molecular weight excluding hydrogens is 272 g/mol. The molecule has 2 atom stereocenters. The fourth-order valence-corrected chi connectivity index (χ4v) is 2.41. The SMILES string of the molecule is CC(C)[C@@H](CO)NC(=O)C1CC(=O)N(Cc2ccco2)C1. The lowest BCUT2D eigenvalue weighted by Gasteiger charge is -2.22. The van der Waals surface area contributed by atoms with Crippen LogP contribution in [0.15, 0.2) is 22.8 Å². The molecule has 2 heterocycles. The number of carbonyl (C=O) groups is 2. The van der Waals surface area contributed by atoms with Crippen LogP contribution in [0.4, 0.5) is 0 Å². The number of rotatable bonds is 6. The van der Waals surface area contributed by atoms with Gasteiger partial charge in [-0.3, -0.25) is 9.59 Å². The molecule has 1 aromatic heterocycles. The molecule has 1 aliphatic rings. The molecule has 2 amide bonds. The molecule has 0 bridgehead atoms. The molecular formula is C15H22N2O4. The topological polar surface area (TPSA) is 82.8 Å². The van der Waals surface area contributed by atoms with Crippen molar-refractivity contribution in [3.8, 4) is 0 Å². The lowest BCUT2D eigenvalue weighted by molar-refractivity contribution is -0.129. The van der Waals surface area contributed by atoms with Crippen molar-refractivity contribution >= 4 is 11.8 Å². The molecule has 1 fully saturated rings. The van der Waals surface area contributed by atoms with Crippen LogP contribution in [0, 0.1) is 11.8 Å². The third-order valence-corrected chi connectivity index (χ3v) is 3.84. The predicted molar refractivity (Wildman–Crippen MR) is 76.1 cm³/mol. The van der Waals surface area contributed by atoms with Crippen LogP contribution in [0.3, 0.4) is 0 Å². The molecule has 1 saturated heterocycles. The predicted octanol–water partition coefficient (Wildman–Crippen LogP) is 0.761. The average molecular weight is 294 g/mol. The van der Waals surface area contributed by atoms with Crippen molar-refractivity contribution in [2.24, 2.45) is 11.8 Å². The molecule has 6 heteroatoms. The molecule has 1 aliphatic heterocycles. The van der Waals surface area contributed by atoms with Crippen LogP contribution < -0.4 is 5.32 Å².